The second-order valence-electron chi connectivity index (χ2n) is 4.18. The van der Waals surface area contributed by atoms with Crippen molar-refractivity contribution in [1.82, 2.24) is 10.0 Å². The van der Waals surface area contributed by atoms with Gasteiger partial charge in [-0.2, -0.15) is 0 Å². The van der Waals surface area contributed by atoms with E-state index >= 15 is 0 Å². The molecule has 2 rings (SSSR count). The maximum absolute atomic E-state index is 11.9. The Bertz CT molecular complexity index is 347. The molecule has 0 radical (unpaired) electrons. The van der Waals surface area contributed by atoms with Crippen LogP contribution in [0.1, 0.15) is 42.5 Å². The maximum atomic E-state index is 11.9. The number of nitrogens with zero attached hydrogens (tertiary/aromatic N) is 2. The zero-order valence-corrected chi connectivity index (χ0v) is 9.17. The number of hydroxylamine groups is 2. The second-order valence-corrected chi connectivity index (χ2v) is 4.18. The molecule has 1 heterocycles. The average molecular weight is 220 g/mol. The molecular formula is C12H16N2O2. The van der Waals surface area contributed by atoms with Gasteiger partial charge >= 0.3 is 0 Å². The minimum Gasteiger partial charge on any atom is -0.285 e. The first-order valence-electron chi connectivity index (χ1n) is 5.71. The normalized spacial score (nSPS) is 17.1. The van der Waals surface area contributed by atoms with Gasteiger partial charge in [-0.25, -0.2) is 5.06 Å². The van der Waals surface area contributed by atoms with Crippen molar-refractivity contribution in [3.63, 3.8) is 0 Å². The number of aromatic nitrogens is 1. The Labute approximate surface area is 94.9 Å². The Morgan fingerprint density at radius 2 is 2.12 bits per heavy atom. The van der Waals surface area contributed by atoms with E-state index in [1.54, 1.807) is 18.3 Å². The van der Waals surface area contributed by atoms with Crippen LogP contribution in [0.5, 0.6) is 0 Å². The first-order chi connectivity index (χ1) is 7.79. The zero-order valence-electron chi connectivity index (χ0n) is 9.17. The van der Waals surface area contributed by atoms with Gasteiger partial charge in [0.2, 0.25) is 0 Å². The summed E-state index contributed by atoms with van der Waals surface area (Å²) in [6, 6.07) is 3.34. The van der Waals surface area contributed by atoms with Crippen LogP contribution in [0.4, 0.5) is 0 Å². The van der Waals surface area contributed by atoms with Crippen molar-refractivity contribution in [2.75, 3.05) is 0 Å². The first kappa shape index (κ1) is 11.1. The molecule has 0 aromatic carbocycles. The molecule has 1 aliphatic carbocycles. The summed E-state index contributed by atoms with van der Waals surface area (Å²) in [5, 5.41) is 10.7. The van der Waals surface area contributed by atoms with Crippen LogP contribution in [0.2, 0.25) is 0 Å². The van der Waals surface area contributed by atoms with Gasteiger partial charge in [0.1, 0.15) is 0 Å². The molecule has 1 aromatic rings. The molecule has 86 valence electrons. The molecule has 1 aliphatic rings. The van der Waals surface area contributed by atoms with Crippen molar-refractivity contribution in [2.24, 2.45) is 0 Å². The van der Waals surface area contributed by atoms with E-state index in [2.05, 4.69) is 4.98 Å². The Morgan fingerprint density at radius 1 is 1.38 bits per heavy atom. The van der Waals surface area contributed by atoms with E-state index in [-0.39, 0.29) is 11.9 Å². The molecule has 0 aliphatic heterocycles. The summed E-state index contributed by atoms with van der Waals surface area (Å²) in [4.78, 5) is 15.8. The van der Waals surface area contributed by atoms with Crippen LogP contribution in [0.3, 0.4) is 0 Å². The third-order valence-electron chi connectivity index (χ3n) is 3.04. The average Bonchev–Trinajstić information content (AvgIpc) is 2.39. The van der Waals surface area contributed by atoms with Gasteiger partial charge in [0.05, 0.1) is 11.6 Å². The van der Waals surface area contributed by atoms with Gasteiger partial charge in [0, 0.05) is 12.4 Å². The summed E-state index contributed by atoms with van der Waals surface area (Å²) in [7, 11) is 0. The number of carbonyl (C=O) groups excluding carboxylic acids is 1. The third-order valence-corrected chi connectivity index (χ3v) is 3.04. The Kier molecular flexibility index (Phi) is 3.51. The molecule has 1 amide bonds. The monoisotopic (exact) mass is 220 g/mol. The van der Waals surface area contributed by atoms with Gasteiger partial charge in [-0.15, -0.1) is 0 Å². The topological polar surface area (TPSA) is 53.4 Å². The van der Waals surface area contributed by atoms with E-state index in [9.17, 15) is 10.0 Å². The summed E-state index contributed by atoms with van der Waals surface area (Å²) in [6.07, 6.45) is 8.24. The molecule has 0 unspecified atom stereocenters. The van der Waals surface area contributed by atoms with Crippen LogP contribution in [-0.4, -0.2) is 27.2 Å². The fourth-order valence-electron chi connectivity index (χ4n) is 2.11. The minimum absolute atomic E-state index is 0.0264. The van der Waals surface area contributed by atoms with E-state index in [1.165, 1.54) is 12.6 Å². The van der Waals surface area contributed by atoms with E-state index in [0.717, 1.165) is 30.7 Å². The van der Waals surface area contributed by atoms with Gasteiger partial charge in [-0.3, -0.25) is 15.0 Å². The van der Waals surface area contributed by atoms with Crippen molar-refractivity contribution in [1.29, 1.82) is 0 Å². The SMILES string of the molecule is O=C(c1cccnc1)N(O)C1CCCCC1. The fourth-order valence-corrected chi connectivity index (χ4v) is 2.11. The smallest absolute Gasteiger partial charge is 0.279 e. The first-order valence-corrected chi connectivity index (χ1v) is 5.71. The zero-order chi connectivity index (χ0) is 11.4. The van der Waals surface area contributed by atoms with Gasteiger partial charge in [-0.1, -0.05) is 19.3 Å². The lowest BCUT2D eigenvalue weighted by molar-refractivity contribution is -0.0964. The molecule has 1 N–H and O–H groups in total. The van der Waals surface area contributed by atoms with Crippen molar-refractivity contribution in [2.45, 2.75) is 38.1 Å². The number of rotatable bonds is 2. The highest BCUT2D eigenvalue weighted by molar-refractivity contribution is 5.93. The van der Waals surface area contributed by atoms with E-state index in [0.29, 0.717) is 5.56 Å². The highest BCUT2D eigenvalue weighted by Gasteiger charge is 2.24. The molecule has 1 aromatic heterocycles. The molecule has 1 fully saturated rings. The molecule has 0 saturated heterocycles. The quantitative estimate of drug-likeness (QED) is 0.614. The highest BCUT2D eigenvalue weighted by atomic mass is 16.5. The highest BCUT2D eigenvalue weighted by Crippen LogP contribution is 2.22. The van der Waals surface area contributed by atoms with Crippen LogP contribution in [0.15, 0.2) is 24.5 Å². The van der Waals surface area contributed by atoms with Crippen LogP contribution in [0.25, 0.3) is 0 Å². The molecule has 4 nitrogen and oxygen atoms in total. The molecule has 0 atom stereocenters. The number of hydrogen-bond donors (Lipinski definition) is 1. The largest absolute Gasteiger partial charge is 0.285 e. The van der Waals surface area contributed by atoms with Crippen LogP contribution < -0.4 is 0 Å². The maximum Gasteiger partial charge on any atom is 0.279 e. The van der Waals surface area contributed by atoms with Crippen molar-refractivity contribution in [3.8, 4) is 0 Å². The number of pyridine rings is 1. The molecule has 0 bridgehead atoms. The van der Waals surface area contributed by atoms with Crippen LogP contribution in [-0.2, 0) is 0 Å². The molecular weight excluding hydrogens is 204 g/mol. The van der Waals surface area contributed by atoms with Crippen LogP contribution in [0, 0.1) is 0 Å². The van der Waals surface area contributed by atoms with Crippen molar-refractivity contribution in [3.05, 3.63) is 30.1 Å². The van der Waals surface area contributed by atoms with Crippen molar-refractivity contribution >= 4 is 5.91 Å². The molecule has 0 spiro atoms. The third kappa shape index (κ3) is 2.39. The van der Waals surface area contributed by atoms with E-state index < -0.39 is 0 Å². The summed E-state index contributed by atoms with van der Waals surface area (Å²) >= 11 is 0. The Balaban J connectivity index is 2.04. The lowest BCUT2D eigenvalue weighted by Crippen LogP contribution is -2.38. The second kappa shape index (κ2) is 5.07. The van der Waals surface area contributed by atoms with E-state index in [1.807, 2.05) is 0 Å². The number of hydrogen-bond acceptors (Lipinski definition) is 3. The minimum atomic E-state index is -0.347. The summed E-state index contributed by atoms with van der Waals surface area (Å²) in [5.41, 5.74) is 0.440. The summed E-state index contributed by atoms with van der Waals surface area (Å²) in [6.45, 7) is 0. The van der Waals surface area contributed by atoms with Crippen LogP contribution >= 0.6 is 0 Å². The standard InChI is InChI=1S/C12H16N2O2/c15-12(10-5-4-8-13-9-10)14(16)11-6-2-1-3-7-11/h4-5,8-9,11,16H,1-3,6-7H2. The summed E-state index contributed by atoms with van der Waals surface area (Å²) in [5.74, 6) is -0.347. The molecule has 16 heavy (non-hydrogen) atoms. The van der Waals surface area contributed by atoms with Gasteiger partial charge < -0.3 is 0 Å². The summed E-state index contributed by atoms with van der Waals surface area (Å²) < 4.78 is 0. The number of amides is 1. The lowest BCUT2D eigenvalue weighted by Gasteiger charge is -2.28. The fraction of sp³-hybridized carbons (Fsp3) is 0.500. The molecule has 1 saturated carbocycles. The number of carbonyl (C=O) groups is 1. The Hall–Kier alpha value is -1.42. The van der Waals surface area contributed by atoms with Gasteiger partial charge in [-0.05, 0) is 25.0 Å². The Morgan fingerprint density at radius 3 is 2.75 bits per heavy atom. The van der Waals surface area contributed by atoms with Gasteiger partial charge in [0.15, 0.2) is 0 Å². The predicted octanol–water partition coefficient (Wildman–Crippen LogP) is 2.25. The van der Waals surface area contributed by atoms with Gasteiger partial charge in [0.25, 0.3) is 5.91 Å². The van der Waals surface area contributed by atoms with E-state index in [4.69, 9.17) is 0 Å². The molecule has 4 heteroatoms. The van der Waals surface area contributed by atoms with Crippen molar-refractivity contribution < 1.29 is 10.0 Å². The lowest BCUT2D eigenvalue weighted by atomic mass is 9.95. The predicted molar refractivity (Wildman–Crippen MR) is 59.1 cm³/mol.